The number of thiocarbonyl (C=S) groups is 2. The van der Waals surface area contributed by atoms with Gasteiger partial charge in [-0.2, -0.15) is 4.98 Å². The molecule has 0 saturated heterocycles. The van der Waals surface area contributed by atoms with E-state index in [-0.39, 0.29) is 117 Å². The molecule has 5 atom stereocenters. The molecule has 44 nitrogen and oxygen atoms in total. The van der Waals surface area contributed by atoms with Crippen molar-refractivity contribution in [2.45, 2.75) is 179 Å². The minimum absolute atomic E-state index is 0.0214. The van der Waals surface area contributed by atoms with Gasteiger partial charge in [-0.15, -0.1) is 0 Å². The first kappa shape index (κ1) is 95.9. The number of aromatic amines is 1. The van der Waals surface area contributed by atoms with Gasteiger partial charge in [0.15, 0.2) is 21.4 Å². The minimum atomic E-state index is -2.19. The third-order valence-electron chi connectivity index (χ3n) is 16.8. The molecule has 10 amide bonds. The summed E-state index contributed by atoms with van der Waals surface area (Å²) in [5.41, 5.74) is 6.91. The quantitative estimate of drug-likeness (QED) is 0.0117. The number of carboxylic acid groups (broad SMARTS) is 5. The van der Waals surface area contributed by atoms with E-state index in [2.05, 4.69) is 73.1 Å². The number of nitrogens with one attached hydrogen (secondary N) is 13. The number of carbonyl (C=O) groups excluding carboxylic acids is 10. The van der Waals surface area contributed by atoms with Gasteiger partial charge in [0.25, 0.3) is 11.5 Å². The van der Waals surface area contributed by atoms with Crippen LogP contribution in [0.4, 0.5) is 23.0 Å². The lowest BCUT2D eigenvalue weighted by Crippen LogP contribution is -2.58. The van der Waals surface area contributed by atoms with Crippen LogP contribution in [0.25, 0.3) is 11.2 Å². The van der Waals surface area contributed by atoms with Crippen molar-refractivity contribution < 1.29 is 113 Å². The molecule has 0 bridgehead atoms. The maximum atomic E-state index is 13.6. The molecule has 2 aromatic carbocycles. The van der Waals surface area contributed by atoms with Crippen molar-refractivity contribution in [1.29, 1.82) is 0 Å². The Kier molecular flexibility index (Phi) is 42.5. The summed E-state index contributed by atoms with van der Waals surface area (Å²) in [6.45, 7) is 2.93. The smallest absolute Gasteiger partial charge is 0.326 e. The second-order valence-electron chi connectivity index (χ2n) is 26.1. The highest BCUT2D eigenvalue weighted by Crippen LogP contribution is 2.17. The van der Waals surface area contributed by atoms with Crippen molar-refractivity contribution in [3.8, 4) is 0 Å². The first-order chi connectivity index (χ1) is 55.1. The Balaban J connectivity index is 1.10. The Morgan fingerprint density at radius 3 is 1.33 bits per heavy atom. The summed E-state index contributed by atoms with van der Waals surface area (Å²) >= 11 is 10.8. The zero-order valence-corrected chi connectivity index (χ0v) is 64.9. The Morgan fingerprint density at radius 1 is 0.466 bits per heavy atom. The van der Waals surface area contributed by atoms with Crippen LogP contribution in [0.2, 0.25) is 0 Å². The molecule has 0 saturated carbocycles. The largest absolute Gasteiger partial charge is 0.481 e. The van der Waals surface area contributed by atoms with E-state index in [1.165, 1.54) is 37.4 Å². The normalized spacial score (nSPS) is 12.1. The number of amides is 10. The van der Waals surface area contributed by atoms with Gasteiger partial charge < -0.3 is 95.1 Å². The van der Waals surface area contributed by atoms with Crippen LogP contribution < -0.4 is 75.1 Å². The fourth-order valence-electron chi connectivity index (χ4n) is 10.5. The second kappa shape index (κ2) is 51.3. The highest BCUT2D eigenvalue weighted by atomic mass is 32.1. The van der Waals surface area contributed by atoms with Gasteiger partial charge in [0.2, 0.25) is 59.1 Å². The molecule has 0 fully saturated rings. The SMILES string of the molecule is CC(=O)N(O)CCCCCNC(=O)CCC(=O)N(O)CCCCCNC(=O)CCC(=O)N(O)CCCCCNC(=S)Nc1ccc(NC(=S)NCCCC[C@H](NC(=O)[C@H](CC(=O)O)NC(=O)[C@H](CC(=O)O)NC(=O)[C@H](CC(=O)O)NC(=O)CC[C@H](NC(=O)c2ccc(NCc3cnc4nc(N)[nH]c(=O)c4n3)cc2)C(=O)O)C(=O)O)cc1. The van der Waals surface area contributed by atoms with Crippen LogP contribution >= 0.6 is 24.4 Å². The molecule has 0 aliphatic rings. The molecule has 0 radical (unpaired) electrons. The average Bonchev–Trinajstić information content (AvgIpc) is 0.810. The van der Waals surface area contributed by atoms with Gasteiger partial charge in [-0.3, -0.25) is 87.7 Å². The van der Waals surface area contributed by atoms with Gasteiger partial charge in [0, 0.05) is 107 Å². The number of H-pyrrole nitrogens is 1. The molecular weight excluding hydrogens is 1570 g/mol. The molecule has 116 heavy (non-hydrogen) atoms. The number of rotatable bonds is 54. The fourth-order valence-corrected chi connectivity index (χ4v) is 11.0. The van der Waals surface area contributed by atoms with Crippen molar-refractivity contribution in [2.75, 3.05) is 67.5 Å². The Hall–Kier alpha value is -12.4. The van der Waals surface area contributed by atoms with E-state index in [1.54, 1.807) is 24.3 Å². The monoisotopic (exact) mass is 1670 g/mol. The molecule has 4 aromatic rings. The predicted molar refractivity (Wildman–Crippen MR) is 417 cm³/mol. The third-order valence-corrected chi connectivity index (χ3v) is 17.3. The van der Waals surface area contributed by atoms with E-state index in [0.717, 1.165) is 0 Å². The van der Waals surface area contributed by atoms with Crippen molar-refractivity contribution in [1.82, 2.24) is 83.0 Å². The van der Waals surface area contributed by atoms with Crippen LogP contribution in [0, 0.1) is 0 Å². The van der Waals surface area contributed by atoms with Crippen LogP contribution in [0.15, 0.2) is 59.5 Å². The van der Waals surface area contributed by atoms with Gasteiger partial charge in [0.05, 0.1) is 37.7 Å². The molecule has 0 unspecified atom stereocenters. The maximum Gasteiger partial charge on any atom is 0.326 e. The van der Waals surface area contributed by atoms with Crippen molar-refractivity contribution >= 4 is 158 Å². The zero-order chi connectivity index (χ0) is 85.8. The van der Waals surface area contributed by atoms with E-state index in [1.807, 2.05) is 10.6 Å². The molecule has 634 valence electrons. The van der Waals surface area contributed by atoms with E-state index in [4.69, 9.17) is 30.2 Å². The van der Waals surface area contributed by atoms with Crippen LogP contribution in [-0.2, 0) is 73.7 Å². The van der Waals surface area contributed by atoms with E-state index < -0.39 is 145 Å². The summed E-state index contributed by atoms with van der Waals surface area (Å²) in [4.78, 5) is 214. The van der Waals surface area contributed by atoms with E-state index in [9.17, 15) is 118 Å². The van der Waals surface area contributed by atoms with Gasteiger partial charge >= 0.3 is 29.8 Å². The number of hydroxylamine groups is 6. The zero-order valence-electron chi connectivity index (χ0n) is 63.3. The number of hydrogen-bond acceptors (Lipinski definition) is 26. The third kappa shape index (κ3) is 38.4. The van der Waals surface area contributed by atoms with Crippen molar-refractivity contribution in [3.63, 3.8) is 0 Å². The van der Waals surface area contributed by atoms with Gasteiger partial charge in [-0.1, -0.05) is 0 Å². The molecule has 0 spiro atoms. The first-order valence-electron chi connectivity index (χ1n) is 36.7. The molecule has 0 aliphatic carbocycles. The lowest BCUT2D eigenvalue weighted by atomic mass is 10.1. The van der Waals surface area contributed by atoms with Gasteiger partial charge in [-0.25, -0.2) is 34.7 Å². The Bertz CT molecular complexity index is 4140. The van der Waals surface area contributed by atoms with Gasteiger partial charge in [-0.05, 0) is 156 Å². The van der Waals surface area contributed by atoms with Crippen LogP contribution in [-0.4, -0.2) is 251 Å². The average molecular weight is 1670 g/mol. The molecule has 2 aromatic heterocycles. The second-order valence-corrected chi connectivity index (χ2v) is 27.0. The number of aliphatic carboxylic acids is 5. The molecule has 4 rings (SSSR count). The number of nitrogens with zero attached hydrogens (tertiary/aromatic N) is 6. The highest BCUT2D eigenvalue weighted by Gasteiger charge is 2.35. The predicted octanol–water partition coefficient (Wildman–Crippen LogP) is -0.261. The fraction of sp³-hybridized carbons (Fsp3) is 0.500. The number of unbranched alkanes of at least 4 members (excludes halogenated alkanes) is 7. The number of benzene rings is 2. The summed E-state index contributed by atoms with van der Waals surface area (Å²) in [5, 5.41) is 111. The number of hydrogen-bond donors (Lipinski definition) is 22. The summed E-state index contributed by atoms with van der Waals surface area (Å²) in [7, 11) is 0. The molecule has 0 aliphatic heterocycles. The summed E-state index contributed by atoms with van der Waals surface area (Å²) < 4.78 is 0. The number of nitrogen functional groups attached to an aromatic ring is 1. The maximum absolute atomic E-state index is 13.6. The molecular formula is C70H98N20O24S2. The standard InChI is InChI=1S/C70H98N20O24S2/c1-40(91)88(112)32-10-2-6-28-72-51(92)24-26-54(95)89(113)33-11-3-7-29-73-52(93)25-27-55(96)90(114)34-12-4-8-30-74-69(115)79-43-18-20-44(21-19-43)80-70(116)75-31-9-5-13-46(66(108)109)83-63(105)49(36-57(99)100)85-64(106)50(37-58(101)102)84-62(104)48(35-56(97)98)81-53(94)23-22-47(67(110)111)82-61(103)41-14-16-42(17-15-41)76-38-45-39-77-60-59(78-45)65(107)87-68(71)86-60/h14-21,39,46-50,76,112-114H,2-13,22-38H2,1H3,(H,72,92)(H,73,93)(H,81,94)(H,82,103)(H,83,105)(H,84,104)(H,85,106)(H,97,98)(H,99,100)(H,101,102)(H,108,109)(H,110,111)(H2,74,79,115)(H2,75,80,116)(H3,71,77,86,87,107)/t46-,47-,48-,49-,50-/m0/s1. The number of carboxylic acids is 5. The first-order valence-corrected chi connectivity index (χ1v) is 37.6. The van der Waals surface area contributed by atoms with Crippen LogP contribution in [0.1, 0.15) is 158 Å². The summed E-state index contributed by atoms with van der Waals surface area (Å²) in [6, 6.07) is 2.71. The highest BCUT2D eigenvalue weighted by molar-refractivity contribution is 7.80. The van der Waals surface area contributed by atoms with Gasteiger partial charge in [0.1, 0.15) is 30.2 Å². The Labute approximate surface area is 673 Å². The Morgan fingerprint density at radius 2 is 0.879 bits per heavy atom. The minimum Gasteiger partial charge on any atom is -0.481 e. The number of carbonyl (C=O) groups is 15. The topological polar surface area (TPSA) is 670 Å². The lowest BCUT2D eigenvalue weighted by Gasteiger charge is -2.25. The van der Waals surface area contributed by atoms with Crippen LogP contribution in [0.5, 0.6) is 0 Å². The number of nitrogens with two attached hydrogens (primary N) is 1. The van der Waals surface area contributed by atoms with Crippen LogP contribution in [0.3, 0.4) is 0 Å². The number of anilines is 4. The molecule has 2 heterocycles. The summed E-state index contributed by atoms with van der Waals surface area (Å²) in [6.07, 6.45) is 1.00. The van der Waals surface area contributed by atoms with E-state index >= 15 is 0 Å². The van der Waals surface area contributed by atoms with Crippen molar-refractivity contribution in [3.05, 3.63) is 76.3 Å². The lowest BCUT2D eigenvalue weighted by molar-refractivity contribution is -0.166. The number of fused-ring (bicyclic) bond motifs is 1. The molecule has 46 heteroatoms. The van der Waals surface area contributed by atoms with Crippen molar-refractivity contribution in [2.24, 2.45) is 0 Å². The number of aromatic nitrogens is 4. The van der Waals surface area contributed by atoms with E-state index in [0.29, 0.717) is 120 Å². The molecule has 23 N–H and O–H groups in total. The summed E-state index contributed by atoms with van der Waals surface area (Å²) in [5.74, 6) is -17.2.